The van der Waals surface area contributed by atoms with E-state index in [2.05, 4.69) is 68.8 Å². The van der Waals surface area contributed by atoms with Crippen molar-refractivity contribution in [1.82, 2.24) is 4.98 Å². The van der Waals surface area contributed by atoms with Crippen molar-refractivity contribution >= 4 is 0 Å². The van der Waals surface area contributed by atoms with Crippen LogP contribution < -0.4 is 0 Å². The second kappa shape index (κ2) is 10.4. The van der Waals surface area contributed by atoms with Gasteiger partial charge < -0.3 is 20.3 Å². The summed E-state index contributed by atoms with van der Waals surface area (Å²) >= 11 is 0. The smallest absolute Gasteiger partial charge is 0.0831 e. The quantitative estimate of drug-likeness (QED) is 0.328. The van der Waals surface area contributed by atoms with Gasteiger partial charge in [0.15, 0.2) is 0 Å². The first-order chi connectivity index (χ1) is 17.7. The van der Waals surface area contributed by atoms with Crippen LogP contribution in [-0.2, 0) is 11.8 Å². The summed E-state index contributed by atoms with van der Waals surface area (Å²) in [5, 5.41) is 31.5. The van der Waals surface area contributed by atoms with E-state index in [1.807, 2.05) is 0 Å². The minimum atomic E-state index is -0.635. The summed E-state index contributed by atoms with van der Waals surface area (Å²) in [6, 6.07) is 4.33. The van der Waals surface area contributed by atoms with Crippen molar-refractivity contribution in [1.29, 1.82) is 0 Å². The van der Waals surface area contributed by atoms with Gasteiger partial charge in [0.2, 0.25) is 0 Å². The first-order valence-corrected chi connectivity index (χ1v) is 14.7. The van der Waals surface area contributed by atoms with Crippen LogP contribution in [0.2, 0.25) is 0 Å². The molecule has 0 bridgehead atoms. The molecule has 0 amide bonds. The van der Waals surface area contributed by atoms with Gasteiger partial charge in [-0.15, -0.1) is 0 Å². The topological polar surface area (TPSA) is 76.5 Å². The summed E-state index contributed by atoms with van der Waals surface area (Å²) in [4.78, 5) is 3.54. The zero-order valence-electron chi connectivity index (χ0n) is 23.0. The van der Waals surface area contributed by atoms with Crippen LogP contribution in [0.25, 0.3) is 0 Å². The number of aryl methyl sites for hydroxylation is 1. The summed E-state index contributed by atoms with van der Waals surface area (Å²) in [6.07, 6.45) is 17.4. The highest BCUT2D eigenvalue weighted by Gasteiger charge is 2.52. The van der Waals surface area contributed by atoms with Gasteiger partial charge in [0.1, 0.15) is 0 Å². The Bertz CT molecular complexity index is 1090. The maximum absolute atomic E-state index is 11.2. The van der Waals surface area contributed by atoms with Crippen LogP contribution in [0.5, 0.6) is 0 Å². The third-order valence-electron chi connectivity index (χ3n) is 10.6. The number of hydrogen-bond donors (Lipinski definition) is 4. The molecule has 0 unspecified atom stereocenters. The molecule has 4 fully saturated rings. The van der Waals surface area contributed by atoms with E-state index in [4.69, 9.17) is 0 Å². The van der Waals surface area contributed by atoms with E-state index in [0.29, 0.717) is 30.6 Å². The number of aromatic nitrogens is 1. The molecular weight excluding hydrogens is 458 g/mol. The molecule has 0 spiro atoms. The van der Waals surface area contributed by atoms with E-state index < -0.39 is 18.3 Å². The van der Waals surface area contributed by atoms with E-state index in [-0.39, 0.29) is 10.8 Å². The Balaban J connectivity index is 1.28. The third kappa shape index (κ3) is 4.97. The van der Waals surface area contributed by atoms with Crippen molar-refractivity contribution in [3.63, 3.8) is 0 Å². The number of fused-ring (bicyclic) bond motifs is 1. The van der Waals surface area contributed by atoms with Crippen LogP contribution in [0, 0.1) is 23.2 Å². The Kier molecular flexibility index (Phi) is 7.48. The fourth-order valence-electron chi connectivity index (χ4n) is 8.00. The third-order valence-corrected chi connectivity index (χ3v) is 10.6. The van der Waals surface area contributed by atoms with Gasteiger partial charge in [-0.05, 0) is 104 Å². The molecule has 1 aromatic rings. The number of aliphatic hydroxyl groups is 3. The Morgan fingerprint density at radius 3 is 2.62 bits per heavy atom. The molecule has 4 saturated carbocycles. The van der Waals surface area contributed by atoms with Gasteiger partial charge in [-0.2, -0.15) is 0 Å². The molecule has 4 nitrogen and oxygen atoms in total. The van der Waals surface area contributed by atoms with E-state index in [1.165, 1.54) is 42.6 Å². The highest BCUT2D eigenvalue weighted by Crippen LogP contribution is 2.60. The minimum Gasteiger partial charge on any atom is -0.393 e. The molecule has 0 saturated heterocycles. The molecule has 37 heavy (non-hydrogen) atoms. The van der Waals surface area contributed by atoms with Crippen LogP contribution in [-0.4, -0.2) is 38.6 Å². The molecule has 1 aromatic heterocycles. The molecule has 0 aromatic carbocycles. The number of aromatic amines is 1. The molecule has 1 heterocycles. The van der Waals surface area contributed by atoms with Gasteiger partial charge in [-0.1, -0.05) is 57.2 Å². The molecule has 5 rings (SSSR count). The average Bonchev–Trinajstić information content (AvgIpc) is 3.39. The van der Waals surface area contributed by atoms with E-state index in [1.54, 1.807) is 0 Å². The molecule has 4 N–H and O–H groups in total. The van der Waals surface area contributed by atoms with Gasteiger partial charge in [0.25, 0.3) is 0 Å². The van der Waals surface area contributed by atoms with Gasteiger partial charge in [-0.3, -0.25) is 0 Å². The molecule has 0 radical (unpaired) electrons. The Hall–Kier alpha value is -1.88. The van der Waals surface area contributed by atoms with E-state index in [0.717, 1.165) is 36.8 Å². The van der Waals surface area contributed by atoms with Crippen LogP contribution in [0.15, 0.2) is 59.7 Å². The van der Waals surface area contributed by atoms with Crippen molar-refractivity contribution in [3.05, 3.63) is 71.1 Å². The van der Waals surface area contributed by atoms with Gasteiger partial charge >= 0.3 is 0 Å². The lowest BCUT2D eigenvalue weighted by atomic mass is 9.61. The minimum absolute atomic E-state index is 0.121. The average molecular weight is 506 g/mol. The van der Waals surface area contributed by atoms with Gasteiger partial charge in [0, 0.05) is 23.2 Å². The van der Waals surface area contributed by atoms with Gasteiger partial charge in [-0.25, -0.2) is 0 Å². The predicted molar refractivity (Wildman–Crippen MR) is 150 cm³/mol. The number of aliphatic hydroxyl groups excluding tert-OH is 3. The lowest BCUT2D eigenvalue weighted by molar-refractivity contribution is 0.0862. The standard InChI is InChI=1S/C33H47NO3/c1-5-25-11-14-30(34-25)33(17-18-33)31(37)15-8-21(2)27-12-13-28-23(7-6-16-32(27,28)4)9-10-24-19-26(35)20-29(36)22(24)3/h8-11,14-15,21,26-29,31,34-37H,3,5-7,12-13,16-20H2,1-2,4H3/b15-8+,23-9+,24-10-/t21-,26-,27-,28+,29+,31+,32-/m1/s1. The first kappa shape index (κ1) is 26.7. The first-order valence-electron chi connectivity index (χ1n) is 14.7. The van der Waals surface area contributed by atoms with Crippen molar-refractivity contribution < 1.29 is 15.3 Å². The molecule has 7 atom stereocenters. The zero-order chi connectivity index (χ0) is 26.4. The predicted octanol–water partition coefficient (Wildman–Crippen LogP) is 6.30. The molecule has 4 aliphatic rings. The monoisotopic (exact) mass is 505 g/mol. The molecule has 202 valence electrons. The van der Waals surface area contributed by atoms with E-state index >= 15 is 0 Å². The molecular formula is C33H47NO3. The van der Waals surface area contributed by atoms with Crippen LogP contribution in [0.4, 0.5) is 0 Å². The molecule has 4 aliphatic carbocycles. The summed E-state index contributed by atoms with van der Waals surface area (Å²) in [5.74, 6) is 1.62. The van der Waals surface area contributed by atoms with E-state index in [9.17, 15) is 15.3 Å². The van der Waals surface area contributed by atoms with Crippen molar-refractivity contribution in [2.45, 2.75) is 109 Å². The highest BCUT2D eigenvalue weighted by molar-refractivity contribution is 5.39. The summed E-state index contributed by atoms with van der Waals surface area (Å²) in [6.45, 7) is 11.1. The lowest BCUT2D eigenvalue weighted by Crippen LogP contribution is -2.35. The number of hydrogen-bond acceptors (Lipinski definition) is 3. The zero-order valence-corrected chi connectivity index (χ0v) is 23.0. The number of allylic oxidation sites excluding steroid dienone is 4. The maximum atomic E-state index is 11.2. The Morgan fingerprint density at radius 1 is 1.14 bits per heavy atom. The van der Waals surface area contributed by atoms with Crippen molar-refractivity contribution in [2.24, 2.45) is 23.2 Å². The summed E-state index contributed by atoms with van der Waals surface area (Å²) in [7, 11) is 0. The second-order valence-corrected chi connectivity index (χ2v) is 12.8. The fraction of sp³-hybridized carbons (Fsp3) is 0.636. The number of nitrogens with one attached hydrogen (secondary N) is 1. The van der Waals surface area contributed by atoms with Crippen LogP contribution in [0.3, 0.4) is 0 Å². The normalized spacial score (nSPS) is 37.3. The Morgan fingerprint density at radius 2 is 1.92 bits per heavy atom. The van der Waals surface area contributed by atoms with Crippen molar-refractivity contribution in [2.75, 3.05) is 0 Å². The number of H-pyrrole nitrogens is 1. The van der Waals surface area contributed by atoms with Gasteiger partial charge in [0.05, 0.1) is 18.3 Å². The number of rotatable bonds is 7. The maximum Gasteiger partial charge on any atom is 0.0831 e. The highest BCUT2D eigenvalue weighted by atomic mass is 16.3. The molecule has 0 aliphatic heterocycles. The van der Waals surface area contributed by atoms with Crippen LogP contribution in [0.1, 0.15) is 89.9 Å². The summed E-state index contributed by atoms with van der Waals surface area (Å²) in [5.41, 5.74) is 5.87. The molecule has 4 heteroatoms. The SMILES string of the molecule is C=C1/C(=C\C=C2/CCC[C@]3(C)[C@@H]([C@H](C)/C=C/[C@H](O)C4(c5ccc(CC)[nH]5)CC4)CC[C@@H]23)C[C@@H](O)C[C@@H]1O. The fourth-order valence-corrected chi connectivity index (χ4v) is 8.00. The summed E-state index contributed by atoms with van der Waals surface area (Å²) < 4.78 is 0. The second-order valence-electron chi connectivity index (χ2n) is 12.8. The van der Waals surface area contributed by atoms with Crippen LogP contribution >= 0.6 is 0 Å². The Labute approximate surface area is 223 Å². The lowest BCUT2D eigenvalue weighted by Gasteiger charge is -2.44. The van der Waals surface area contributed by atoms with Crippen molar-refractivity contribution in [3.8, 4) is 0 Å². The largest absolute Gasteiger partial charge is 0.393 e.